The van der Waals surface area contributed by atoms with Crippen LogP contribution < -0.4 is 10.2 Å². The number of nitrogens with zero attached hydrogens (tertiary/aromatic N) is 4. The summed E-state index contributed by atoms with van der Waals surface area (Å²) in [7, 11) is 0. The Morgan fingerprint density at radius 2 is 1.79 bits per heavy atom. The molecule has 24 heavy (non-hydrogen) atoms. The molecule has 6 heteroatoms. The summed E-state index contributed by atoms with van der Waals surface area (Å²) in [5.74, 6) is 1.27. The predicted octanol–water partition coefficient (Wildman–Crippen LogP) is 4.40. The van der Waals surface area contributed by atoms with Crippen molar-refractivity contribution in [2.45, 2.75) is 13.5 Å². The van der Waals surface area contributed by atoms with Crippen LogP contribution in [0.5, 0.6) is 0 Å². The van der Waals surface area contributed by atoms with Crippen LogP contribution in [0.4, 0.5) is 17.5 Å². The van der Waals surface area contributed by atoms with E-state index in [2.05, 4.69) is 60.4 Å². The monoisotopic (exact) mass is 383 g/mol. The van der Waals surface area contributed by atoms with Gasteiger partial charge in [-0.2, -0.15) is 10.1 Å². The van der Waals surface area contributed by atoms with Gasteiger partial charge in [0.2, 0.25) is 5.95 Å². The fourth-order valence-electron chi connectivity index (χ4n) is 2.32. The molecule has 0 unspecified atom stereocenters. The summed E-state index contributed by atoms with van der Waals surface area (Å²) in [4.78, 5) is 6.69. The standard InChI is InChI=1S/C18H18BrN5/c1-2-24(13-14-8-4-3-5-9-14)18-22-17(12-20-23-18)21-16-11-7-6-10-15(16)19/h3-12H,2,13H2,1H3,(H,21,22,23). The van der Waals surface area contributed by atoms with Gasteiger partial charge in [-0.05, 0) is 40.5 Å². The lowest BCUT2D eigenvalue weighted by Crippen LogP contribution is -2.24. The number of hydrogen-bond acceptors (Lipinski definition) is 5. The topological polar surface area (TPSA) is 53.9 Å². The Morgan fingerprint density at radius 1 is 1.04 bits per heavy atom. The maximum absolute atomic E-state index is 4.60. The lowest BCUT2D eigenvalue weighted by atomic mass is 10.2. The average molecular weight is 384 g/mol. The summed E-state index contributed by atoms with van der Waals surface area (Å²) in [5.41, 5.74) is 2.15. The van der Waals surface area contributed by atoms with Crippen LogP contribution in [0.3, 0.4) is 0 Å². The molecule has 5 nitrogen and oxygen atoms in total. The molecule has 0 amide bonds. The number of para-hydroxylation sites is 1. The van der Waals surface area contributed by atoms with Crippen molar-refractivity contribution in [2.24, 2.45) is 0 Å². The van der Waals surface area contributed by atoms with E-state index in [0.717, 1.165) is 23.2 Å². The number of anilines is 3. The number of nitrogens with one attached hydrogen (secondary N) is 1. The summed E-state index contributed by atoms with van der Waals surface area (Å²) >= 11 is 3.52. The van der Waals surface area contributed by atoms with E-state index >= 15 is 0 Å². The van der Waals surface area contributed by atoms with Crippen molar-refractivity contribution in [3.05, 3.63) is 70.8 Å². The Balaban J connectivity index is 1.79. The van der Waals surface area contributed by atoms with Gasteiger partial charge in [0.05, 0.1) is 11.9 Å². The minimum atomic E-state index is 0.610. The molecule has 3 aromatic rings. The maximum atomic E-state index is 4.60. The summed E-state index contributed by atoms with van der Waals surface area (Å²) in [5, 5.41) is 11.5. The lowest BCUT2D eigenvalue weighted by Gasteiger charge is -2.20. The van der Waals surface area contributed by atoms with Crippen LogP contribution in [0, 0.1) is 0 Å². The Hall–Kier alpha value is -2.47. The summed E-state index contributed by atoms with van der Waals surface area (Å²) in [6.45, 7) is 3.63. The van der Waals surface area contributed by atoms with E-state index < -0.39 is 0 Å². The molecule has 0 saturated carbocycles. The van der Waals surface area contributed by atoms with E-state index in [4.69, 9.17) is 0 Å². The minimum Gasteiger partial charge on any atom is -0.338 e. The number of aromatic nitrogens is 3. The third-order valence-electron chi connectivity index (χ3n) is 3.57. The fourth-order valence-corrected chi connectivity index (χ4v) is 2.70. The molecule has 1 aromatic heterocycles. The molecular weight excluding hydrogens is 366 g/mol. The van der Waals surface area contributed by atoms with E-state index in [9.17, 15) is 0 Å². The van der Waals surface area contributed by atoms with Gasteiger partial charge in [0.1, 0.15) is 0 Å². The lowest BCUT2D eigenvalue weighted by molar-refractivity contribution is 0.771. The molecule has 3 rings (SSSR count). The highest BCUT2D eigenvalue weighted by Crippen LogP contribution is 2.24. The van der Waals surface area contributed by atoms with Crippen LogP contribution in [0.15, 0.2) is 65.3 Å². The van der Waals surface area contributed by atoms with E-state index in [-0.39, 0.29) is 0 Å². The molecule has 122 valence electrons. The van der Waals surface area contributed by atoms with Gasteiger partial charge in [-0.3, -0.25) is 0 Å². The largest absolute Gasteiger partial charge is 0.338 e. The molecule has 0 aliphatic rings. The molecule has 1 N–H and O–H groups in total. The Kier molecular flexibility index (Phi) is 5.38. The van der Waals surface area contributed by atoms with Crippen molar-refractivity contribution in [3.63, 3.8) is 0 Å². The van der Waals surface area contributed by atoms with Crippen molar-refractivity contribution in [1.82, 2.24) is 15.2 Å². The van der Waals surface area contributed by atoms with Crippen LogP contribution in [-0.2, 0) is 6.54 Å². The number of halogens is 1. The molecule has 0 bridgehead atoms. The highest BCUT2D eigenvalue weighted by molar-refractivity contribution is 9.10. The van der Waals surface area contributed by atoms with Gasteiger partial charge in [0, 0.05) is 17.6 Å². The van der Waals surface area contributed by atoms with Gasteiger partial charge in [-0.15, -0.1) is 5.10 Å². The third kappa shape index (κ3) is 4.08. The first kappa shape index (κ1) is 16.4. The fraction of sp³-hybridized carbons (Fsp3) is 0.167. The number of rotatable bonds is 6. The van der Waals surface area contributed by atoms with Crippen molar-refractivity contribution in [1.29, 1.82) is 0 Å². The Labute approximate surface area is 149 Å². The summed E-state index contributed by atoms with van der Waals surface area (Å²) in [6.07, 6.45) is 1.62. The van der Waals surface area contributed by atoms with Crippen LogP contribution in [0.25, 0.3) is 0 Å². The zero-order valence-corrected chi connectivity index (χ0v) is 14.9. The maximum Gasteiger partial charge on any atom is 0.247 e. The smallest absolute Gasteiger partial charge is 0.247 e. The van der Waals surface area contributed by atoms with E-state index in [1.807, 2.05) is 42.5 Å². The molecule has 2 aromatic carbocycles. The zero-order valence-electron chi connectivity index (χ0n) is 13.4. The first-order valence-corrected chi connectivity index (χ1v) is 8.55. The van der Waals surface area contributed by atoms with Gasteiger partial charge in [-0.25, -0.2) is 0 Å². The third-order valence-corrected chi connectivity index (χ3v) is 4.26. The molecule has 0 fully saturated rings. The van der Waals surface area contributed by atoms with Gasteiger partial charge in [-0.1, -0.05) is 42.5 Å². The average Bonchev–Trinajstić information content (AvgIpc) is 2.63. The quantitative estimate of drug-likeness (QED) is 0.683. The normalized spacial score (nSPS) is 10.4. The molecule has 0 spiro atoms. The molecule has 0 aliphatic carbocycles. The first-order valence-electron chi connectivity index (χ1n) is 7.76. The molecular formula is C18H18BrN5. The van der Waals surface area contributed by atoms with Gasteiger partial charge in [0.25, 0.3) is 0 Å². The SMILES string of the molecule is CCN(Cc1ccccc1)c1nncc(Nc2ccccc2Br)n1. The summed E-state index contributed by atoms with van der Waals surface area (Å²) in [6, 6.07) is 18.2. The number of benzene rings is 2. The molecule has 0 aliphatic heterocycles. The first-order chi connectivity index (χ1) is 11.8. The van der Waals surface area contributed by atoms with E-state index in [1.54, 1.807) is 6.20 Å². The molecule has 0 radical (unpaired) electrons. The van der Waals surface area contributed by atoms with Gasteiger partial charge < -0.3 is 10.2 Å². The Bertz CT molecular complexity index is 794. The van der Waals surface area contributed by atoms with Crippen molar-refractivity contribution < 1.29 is 0 Å². The molecule has 0 saturated heterocycles. The number of hydrogen-bond donors (Lipinski definition) is 1. The second kappa shape index (κ2) is 7.88. The van der Waals surface area contributed by atoms with Crippen LogP contribution in [-0.4, -0.2) is 21.7 Å². The van der Waals surface area contributed by atoms with Crippen LogP contribution >= 0.6 is 15.9 Å². The zero-order chi connectivity index (χ0) is 16.8. The molecule has 1 heterocycles. The van der Waals surface area contributed by atoms with E-state index in [1.165, 1.54) is 5.56 Å². The molecule has 0 atom stereocenters. The summed E-state index contributed by atoms with van der Waals surface area (Å²) < 4.78 is 0.974. The second-order valence-electron chi connectivity index (χ2n) is 5.25. The second-order valence-corrected chi connectivity index (χ2v) is 6.10. The minimum absolute atomic E-state index is 0.610. The van der Waals surface area contributed by atoms with Crippen LogP contribution in [0.2, 0.25) is 0 Å². The van der Waals surface area contributed by atoms with Gasteiger partial charge in [0.15, 0.2) is 5.82 Å². The van der Waals surface area contributed by atoms with E-state index in [0.29, 0.717) is 11.8 Å². The highest BCUT2D eigenvalue weighted by Gasteiger charge is 2.10. The Morgan fingerprint density at radius 3 is 2.54 bits per heavy atom. The predicted molar refractivity (Wildman–Crippen MR) is 100 cm³/mol. The highest BCUT2D eigenvalue weighted by atomic mass is 79.9. The van der Waals surface area contributed by atoms with Crippen LogP contribution in [0.1, 0.15) is 12.5 Å². The van der Waals surface area contributed by atoms with Crippen molar-refractivity contribution in [2.75, 3.05) is 16.8 Å². The van der Waals surface area contributed by atoms with Gasteiger partial charge >= 0.3 is 0 Å². The van der Waals surface area contributed by atoms with Crippen molar-refractivity contribution >= 4 is 33.4 Å². The van der Waals surface area contributed by atoms with Crippen molar-refractivity contribution in [3.8, 4) is 0 Å².